The molecule has 2 N–H and O–H groups in total. The summed E-state index contributed by atoms with van der Waals surface area (Å²) >= 11 is 0. The van der Waals surface area contributed by atoms with Crippen molar-refractivity contribution in [3.05, 3.63) is 35.1 Å². The number of rotatable bonds is 7. The van der Waals surface area contributed by atoms with Crippen LogP contribution in [0.3, 0.4) is 0 Å². The summed E-state index contributed by atoms with van der Waals surface area (Å²) in [4.78, 5) is 6.65. The zero-order chi connectivity index (χ0) is 22.5. The smallest absolute Gasteiger partial charge is 0.191 e. The molecule has 1 fully saturated rings. The molecule has 0 spiro atoms. The van der Waals surface area contributed by atoms with E-state index in [1.165, 1.54) is 24.5 Å². The SMILES string of the molecule is CN=C(NCc1cc(F)ccc1CS(C)(=O)=O)NCC(C)(C)N1CC(C)OC(C)C1.I. The summed E-state index contributed by atoms with van der Waals surface area (Å²) in [5.74, 6) is 0.0483. The fourth-order valence-electron chi connectivity index (χ4n) is 3.67. The highest BCUT2D eigenvalue weighted by atomic mass is 127. The molecular formula is C21H36FIN4O3S. The van der Waals surface area contributed by atoms with Crippen LogP contribution in [0.25, 0.3) is 0 Å². The molecule has 1 aliphatic rings. The molecule has 1 aromatic carbocycles. The minimum atomic E-state index is -3.22. The van der Waals surface area contributed by atoms with Crippen molar-refractivity contribution in [2.75, 3.05) is 32.9 Å². The second-order valence-electron chi connectivity index (χ2n) is 8.74. The van der Waals surface area contributed by atoms with E-state index in [1.54, 1.807) is 7.05 Å². The molecule has 7 nitrogen and oxygen atoms in total. The minimum absolute atomic E-state index is 0. The van der Waals surface area contributed by atoms with Crippen LogP contribution < -0.4 is 10.6 Å². The van der Waals surface area contributed by atoms with Gasteiger partial charge in [-0.3, -0.25) is 9.89 Å². The topological polar surface area (TPSA) is 83.0 Å². The molecule has 1 saturated heterocycles. The molecule has 0 bridgehead atoms. The monoisotopic (exact) mass is 570 g/mol. The molecule has 2 unspecified atom stereocenters. The van der Waals surface area contributed by atoms with Gasteiger partial charge in [-0.2, -0.15) is 0 Å². The molecule has 1 aliphatic heterocycles. The van der Waals surface area contributed by atoms with Crippen molar-refractivity contribution < 1.29 is 17.5 Å². The highest BCUT2D eigenvalue weighted by Crippen LogP contribution is 2.20. The zero-order valence-corrected chi connectivity index (χ0v) is 22.4. The first kappa shape index (κ1) is 28.1. The largest absolute Gasteiger partial charge is 0.373 e. The number of hydrogen-bond acceptors (Lipinski definition) is 5. The second kappa shape index (κ2) is 11.8. The Hall–Kier alpha value is -0.980. The Morgan fingerprint density at radius 1 is 1.23 bits per heavy atom. The van der Waals surface area contributed by atoms with E-state index >= 15 is 0 Å². The number of benzene rings is 1. The normalized spacial score (nSPS) is 20.8. The van der Waals surface area contributed by atoms with Gasteiger partial charge in [0.25, 0.3) is 0 Å². The summed E-state index contributed by atoms with van der Waals surface area (Å²) in [7, 11) is -1.55. The molecule has 0 amide bonds. The van der Waals surface area contributed by atoms with Crippen molar-refractivity contribution >= 4 is 39.8 Å². The number of sulfone groups is 1. The summed E-state index contributed by atoms with van der Waals surface area (Å²) in [6.07, 6.45) is 1.54. The van der Waals surface area contributed by atoms with Crippen molar-refractivity contribution in [3.63, 3.8) is 0 Å². The zero-order valence-electron chi connectivity index (χ0n) is 19.2. The number of ether oxygens (including phenoxy) is 1. The van der Waals surface area contributed by atoms with Gasteiger partial charge in [-0.05, 0) is 51.0 Å². The Morgan fingerprint density at radius 2 is 1.84 bits per heavy atom. The van der Waals surface area contributed by atoms with Crippen molar-refractivity contribution in [2.45, 2.75) is 57.7 Å². The first-order chi connectivity index (χ1) is 13.9. The predicted octanol–water partition coefficient (Wildman–Crippen LogP) is 2.54. The number of halogens is 2. The molecule has 1 aromatic rings. The first-order valence-electron chi connectivity index (χ1n) is 10.2. The van der Waals surface area contributed by atoms with Gasteiger partial charge in [-0.15, -0.1) is 24.0 Å². The Kier molecular flexibility index (Phi) is 10.6. The van der Waals surface area contributed by atoms with Crippen LogP contribution in [-0.2, 0) is 26.9 Å². The number of aliphatic imine (C=N–C) groups is 1. The van der Waals surface area contributed by atoms with Gasteiger partial charge >= 0.3 is 0 Å². The predicted molar refractivity (Wildman–Crippen MR) is 134 cm³/mol. The van der Waals surface area contributed by atoms with Crippen LogP contribution >= 0.6 is 24.0 Å². The molecule has 0 saturated carbocycles. The number of hydrogen-bond donors (Lipinski definition) is 2. The van der Waals surface area contributed by atoms with Crippen LogP contribution in [0.1, 0.15) is 38.8 Å². The van der Waals surface area contributed by atoms with E-state index < -0.39 is 15.7 Å². The van der Waals surface area contributed by atoms with Gasteiger partial charge in [0.15, 0.2) is 15.8 Å². The summed E-state index contributed by atoms with van der Waals surface area (Å²) in [5.41, 5.74) is 1.06. The van der Waals surface area contributed by atoms with E-state index in [0.29, 0.717) is 23.6 Å². The third-order valence-electron chi connectivity index (χ3n) is 5.22. The van der Waals surface area contributed by atoms with E-state index in [-0.39, 0.29) is 54.0 Å². The Bertz CT molecular complexity index is 854. The summed E-state index contributed by atoms with van der Waals surface area (Å²) < 4.78 is 42.9. The van der Waals surface area contributed by atoms with Gasteiger partial charge in [-0.1, -0.05) is 6.07 Å². The molecule has 2 rings (SSSR count). The van der Waals surface area contributed by atoms with Gasteiger partial charge < -0.3 is 15.4 Å². The Balaban J connectivity index is 0.00000480. The van der Waals surface area contributed by atoms with E-state index in [9.17, 15) is 12.8 Å². The van der Waals surface area contributed by atoms with E-state index in [1.807, 2.05) is 0 Å². The number of guanidine groups is 1. The van der Waals surface area contributed by atoms with Gasteiger partial charge in [-0.25, -0.2) is 12.8 Å². The highest BCUT2D eigenvalue weighted by molar-refractivity contribution is 14.0. The van der Waals surface area contributed by atoms with Crippen molar-refractivity contribution in [2.24, 2.45) is 4.99 Å². The average molecular weight is 571 g/mol. The lowest BCUT2D eigenvalue weighted by atomic mass is 10.00. The maximum atomic E-state index is 13.7. The van der Waals surface area contributed by atoms with Crippen LogP contribution in [0.2, 0.25) is 0 Å². The lowest BCUT2D eigenvalue weighted by molar-refractivity contribution is -0.0946. The molecule has 178 valence electrons. The number of nitrogens with zero attached hydrogens (tertiary/aromatic N) is 2. The van der Waals surface area contributed by atoms with Crippen LogP contribution in [0.15, 0.2) is 23.2 Å². The fraction of sp³-hybridized carbons (Fsp3) is 0.667. The highest BCUT2D eigenvalue weighted by Gasteiger charge is 2.33. The van der Waals surface area contributed by atoms with Crippen molar-refractivity contribution in [1.82, 2.24) is 15.5 Å². The standard InChI is InChI=1S/C21H35FN4O3S.HI/c1-15-11-26(12-16(2)29-15)21(3,4)14-25-20(23-5)24-10-18-9-19(22)8-7-17(18)13-30(6,27)28;/h7-9,15-16H,10-14H2,1-6H3,(H2,23,24,25);1H. The summed E-state index contributed by atoms with van der Waals surface area (Å²) in [6, 6.07) is 4.17. The van der Waals surface area contributed by atoms with E-state index in [0.717, 1.165) is 13.1 Å². The van der Waals surface area contributed by atoms with Crippen LogP contribution in [0.5, 0.6) is 0 Å². The van der Waals surface area contributed by atoms with Crippen molar-refractivity contribution in [1.29, 1.82) is 0 Å². The van der Waals surface area contributed by atoms with Gasteiger partial charge in [0, 0.05) is 45.0 Å². The molecule has 0 radical (unpaired) electrons. The molecule has 10 heteroatoms. The second-order valence-corrected chi connectivity index (χ2v) is 10.9. The Labute approximate surface area is 203 Å². The molecule has 0 aromatic heterocycles. The first-order valence-corrected chi connectivity index (χ1v) is 12.3. The van der Waals surface area contributed by atoms with E-state index in [4.69, 9.17) is 4.74 Å². The van der Waals surface area contributed by atoms with Gasteiger partial charge in [0.05, 0.1) is 18.0 Å². The molecule has 0 aliphatic carbocycles. The lowest BCUT2D eigenvalue weighted by Gasteiger charge is -2.45. The maximum Gasteiger partial charge on any atom is 0.191 e. The fourth-order valence-corrected chi connectivity index (χ4v) is 4.51. The average Bonchev–Trinajstić information content (AvgIpc) is 2.62. The van der Waals surface area contributed by atoms with Crippen LogP contribution in [0.4, 0.5) is 4.39 Å². The lowest BCUT2D eigenvalue weighted by Crippen LogP contribution is -2.59. The molecule has 1 heterocycles. The maximum absolute atomic E-state index is 13.7. The number of nitrogens with one attached hydrogen (secondary N) is 2. The van der Waals surface area contributed by atoms with Crippen LogP contribution in [-0.4, -0.2) is 70.0 Å². The summed E-state index contributed by atoms with van der Waals surface area (Å²) in [6.45, 7) is 11.2. The number of morpholine rings is 1. The van der Waals surface area contributed by atoms with Crippen LogP contribution in [0, 0.1) is 5.82 Å². The van der Waals surface area contributed by atoms with Gasteiger partial charge in [0.1, 0.15) is 5.82 Å². The minimum Gasteiger partial charge on any atom is -0.373 e. The van der Waals surface area contributed by atoms with Gasteiger partial charge in [0.2, 0.25) is 0 Å². The third kappa shape index (κ3) is 9.19. The van der Waals surface area contributed by atoms with E-state index in [2.05, 4.69) is 48.2 Å². The summed E-state index contributed by atoms with van der Waals surface area (Å²) in [5, 5.41) is 6.50. The molecule has 2 atom stereocenters. The third-order valence-corrected chi connectivity index (χ3v) is 6.06. The quantitative estimate of drug-likeness (QED) is 0.298. The Morgan fingerprint density at radius 3 is 2.39 bits per heavy atom. The van der Waals surface area contributed by atoms with Crippen molar-refractivity contribution in [3.8, 4) is 0 Å². The molecule has 31 heavy (non-hydrogen) atoms. The molecular weight excluding hydrogens is 534 g/mol.